The summed E-state index contributed by atoms with van der Waals surface area (Å²) in [5, 5.41) is 3.65. The minimum absolute atomic E-state index is 0.0524. The fourth-order valence-electron chi connectivity index (χ4n) is 3.88. The van der Waals surface area contributed by atoms with E-state index < -0.39 is 5.60 Å². The highest BCUT2D eigenvalue weighted by Gasteiger charge is 2.31. The summed E-state index contributed by atoms with van der Waals surface area (Å²) in [6, 6.07) is 6.83. The third-order valence-electron chi connectivity index (χ3n) is 5.27. The van der Waals surface area contributed by atoms with Crippen LogP contribution in [0.1, 0.15) is 72.3 Å². The fourth-order valence-corrected chi connectivity index (χ4v) is 3.88. The van der Waals surface area contributed by atoms with Crippen molar-refractivity contribution in [2.24, 2.45) is 5.92 Å². The molecule has 2 rings (SSSR count). The molecule has 0 unspecified atom stereocenters. The number of likely N-dealkylation sites (tertiary alicyclic amines) is 1. The number of nitrogens with zero attached hydrogens (tertiary/aromatic N) is 1. The number of ether oxygens (including phenoxy) is 1. The van der Waals surface area contributed by atoms with Crippen LogP contribution in [-0.2, 0) is 4.74 Å². The molecule has 1 saturated heterocycles. The summed E-state index contributed by atoms with van der Waals surface area (Å²) in [6.45, 7) is 14.5. The van der Waals surface area contributed by atoms with Crippen LogP contribution in [0.3, 0.4) is 0 Å². The van der Waals surface area contributed by atoms with E-state index in [0.717, 1.165) is 44.5 Å². The summed E-state index contributed by atoms with van der Waals surface area (Å²) >= 11 is 0. The van der Waals surface area contributed by atoms with E-state index in [2.05, 4.69) is 26.1 Å². The molecule has 5 heteroatoms. The molecule has 1 amide bonds. The lowest BCUT2D eigenvalue weighted by Gasteiger charge is -2.38. The number of halogens is 1. The van der Waals surface area contributed by atoms with Crippen LogP contribution in [0, 0.1) is 11.7 Å². The number of hydrogen-bond donors (Lipinski definition) is 1. The standard InChI is InChI=1S/C23H37FN2O2/c1-17(19-10-7-11-20(24)13-19)15-25-23(5,6)14-18-9-8-12-26(16-18)21(27)28-22(2,3)4/h7,10-11,13,17-18,25H,8-9,12,14-16H2,1-6H3/t17-,18-/m0/s1. The summed E-state index contributed by atoms with van der Waals surface area (Å²) in [4.78, 5) is 14.2. The molecule has 0 aliphatic carbocycles. The number of benzene rings is 1. The Morgan fingerprint density at radius 3 is 2.68 bits per heavy atom. The van der Waals surface area contributed by atoms with Gasteiger partial charge in [0.1, 0.15) is 11.4 Å². The van der Waals surface area contributed by atoms with Gasteiger partial charge in [-0.25, -0.2) is 9.18 Å². The van der Waals surface area contributed by atoms with Crippen LogP contribution in [0.2, 0.25) is 0 Å². The van der Waals surface area contributed by atoms with Gasteiger partial charge in [0.15, 0.2) is 0 Å². The Morgan fingerprint density at radius 1 is 1.32 bits per heavy atom. The van der Waals surface area contributed by atoms with E-state index in [1.54, 1.807) is 12.1 Å². The van der Waals surface area contributed by atoms with Crippen molar-refractivity contribution >= 4 is 6.09 Å². The van der Waals surface area contributed by atoms with Gasteiger partial charge in [0.2, 0.25) is 0 Å². The molecule has 0 spiro atoms. The van der Waals surface area contributed by atoms with Crippen molar-refractivity contribution in [3.05, 3.63) is 35.6 Å². The summed E-state index contributed by atoms with van der Waals surface area (Å²) in [6.07, 6.45) is 2.92. The minimum Gasteiger partial charge on any atom is -0.444 e. The van der Waals surface area contributed by atoms with E-state index in [9.17, 15) is 9.18 Å². The molecule has 4 nitrogen and oxygen atoms in total. The maximum Gasteiger partial charge on any atom is 0.410 e. The number of nitrogens with one attached hydrogen (secondary N) is 1. The lowest BCUT2D eigenvalue weighted by Crippen LogP contribution is -2.47. The monoisotopic (exact) mass is 392 g/mol. The van der Waals surface area contributed by atoms with Gasteiger partial charge in [-0.2, -0.15) is 0 Å². The first-order chi connectivity index (χ1) is 13.0. The molecule has 1 aromatic rings. The summed E-state index contributed by atoms with van der Waals surface area (Å²) in [5.74, 6) is 0.501. The molecule has 28 heavy (non-hydrogen) atoms. The molecule has 1 N–H and O–H groups in total. The Kier molecular flexibility index (Phi) is 7.49. The predicted octanol–water partition coefficient (Wildman–Crippen LogP) is 5.33. The highest BCUT2D eigenvalue weighted by molar-refractivity contribution is 5.68. The van der Waals surface area contributed by atoms with Crippen molar-refractivity contribution in [3.63, 3.8) is 0 Å². The molecule has 1 aliphatic heterocycles. The van der Waals surface area contributed by atoms with Crippen molar-refractivity contribution in [2.45, 2.75) is 77.9 Å². The molecule has 0 aromatic heterocycles. The topological polar surface area (TPSA) is 41.6 Å². The zero-order valence-corrected chi connectivity index (χ0v) is 18.3. The van der Waals surface area contributed by atoms with Gasteiger partial charge in [-0.05, 0) is 83.4 Å². The SMILES string of the molecule is C[C@@H](CNC(C)(C)C[C@@H]1CCCN(C(=O)OC(C)(C)C)C1)c1cccc(F)c1. The minimum atomic E-state index is -0.460. The van der Waals surface area contributed by atoms with Crippen molar-refractivity contribution < 1.29 is 13.9 Å². The van der Waals surface area contributed by atoms with Gasteiger partial charge >= 0.3 is 6.09 Å². The number of piperidine rings is 1. The number of hydrogen-bond acceptors (Lipinski definition) is 3. The summed E-state index contributed by atoms with van der Waals surface area (Å²) in [7, 11) is 0. The highest BCUT2D eigenvalue weighted by atomic mass is 19.1. The Hall–Kier alpha value is -1.62. The van der Waals surface area contributed by atoms with Crippen molar-refractivity contribution in [2.75, 3.05) is 19.6 Å². The molecule has 1 heterocycles. The molecule has 1 fully saturated rings. The third-order valence-corrected chi connectivity index (χ3v) is 5.27. The van der Waals surface area contributed by atoms with Crippen molar-refractivity contribution in [1.29, 1.82) is 0 Å². The lowest BCUT2D eigenvalue weighted by molar-refractivity contribution is 0.0147. The van der Waals surface area contributed by atoms with Crippen molar-refractivity contribution in [3.8, 4) is 0 Å². The largest absolute Gasteiger partial charge is 0.444 e. The fraction of sp³-hybridized carbons (Fsp3) is 0.696. The van der Waals surface area contributed by atoms with E-state index in [0.29, 0.717) is 5.92 Å². The Morgan fingerprint density at radius 2 is 2.04 bits per heavy atom. The highest BCUT2D eigenvalue weighted by Crippen LogP contribution is 2.27. The predicted molar refractivity (Wildman–Crippen MR) is 112 cm³/mol. The van der Waals surface area contributed by atoms with Gasteiger partial charge in [-0.3, -0.25) is 0 Å². The first-order valence-corrected chi connectivity index (χ1v) is 10.4. The number of rotatable bonds is 6. The zero-order valence-electron chi connectivity index (χ0n) is 18.3. The average Bonchev–Trinajstić information content (AvgIpc) is 2.58. The van der Waals surface area contributed by atoms with Crippen LogP contribution >= 0.6 is 0 Å². The van der Waals surface area contributed by atoms with Crippen LogP contribution in [0.15, 0.2) is 24.3 Å². The molecule has 0 radical (unpaired) electrons. The zero-order chi connectivity index (χ0) is 20.9. The molecule has 0 bridgehead atoms. The Bertz CT molecular complexity index is 654. The number of amides is 1. The molecule has 158 valence electrons. The lowest BCUT2D eigenvalue weighted by atomic mass is 9.85. The van der Waals surface area contributed by atoms with Crippen LogP contribution in [-0.4, -0.2) is 41.8 Å². The quantitative estimate of drug-likeness (QED) is 0.711. The molecule has 1 aliphatic rings. The van der Waals surface area contributed by atoms with Gasteiger partial charge in [-0.15, -0.1) is 0 Å². The van der Waals surface area contributed by atoms with E-state index in [4.69, 9.17) is 4.74 Å². The van der Waals surface area contributed by atoms with Gasteiger partial charge in [0.25, 0.3) is 0 Å². The van der Waals surface area contributed by atoms with E-state index in [1.807, 2.05) is 31.7 Å². The summed E-state index contributed by atoms with van der Waals surface area (Å²) in [5.41, 5.74) is 0.498. The second-order valence-electron chi connectivity index (χ2n) is 9.86. The van der Waals surface area contributed by atoms with Crippen molar-refractivity contribution in [1.82, 2.24) is 10.2 Å². The first-order valence-electron chi connectivity index (χ1n) is 10.4. The third kappa shape index (κ3) is 7.42. The van der Waals surface area contributed by atoms with Gasteiger partial charge < -0.3 is 15.0 Å². The smallest absolute Gasteiger partial charge is 0.410 e. The normalized spacial score (nSPS) is 19.4. The molecular formula is C23H37FN2O2. The van der Waals surface area contributed by atoms with Gasteiger partial charge in [0, 0.05) is 25.2 Å². The van der Waals surface area contributed by atoms with E-state index in [1.165, 1.54) is 6.07 Å². The molecule has 0 saturated carbocycles. The second kappa shape index (κ2) is 9.25. The molecule has 2 atom stereocenters. The Labute approximate surface area is 169 Å². The van der Waals surface area contributed by atoms with Gasteiger partial charge in [-0.1, -0.05) is 19.1 Å². The molecular weight excluding hydrogens is 355 g/mol. The maximum absolute atomic E-state index is 13.5. The van der Waals surface area contributed by atoms with Gasteiger partial charge in [0.05, 0.1) is 0 Å². The van der Waals surface area contributed by atoms with Crippen LogP contribution in [0.5, 0.6) is 0 Å². The van der Waals surface area contributed by atoms with Crippen LogP contribution < -0.4 is 5.32 Å². The average molecular weight is 393 g/mol. The van der Waals surface area contributed by atoms with Crippen LogP contribution in [0.4, 0.5) is 9.18 Å². The first kappa shape index (κ1) is 22.7. The van der Waals surface area contributed by atoms with Crippen LogP contribution in [0.25, 0.3) is 0 Å². The second-order valence-corrected chi connectivity index (χ2v) is 9.86. The summed E-state index contributed by atoms with van der Waals surface area (Å²) < 4.78 is 19.0. The van der Waals surface area contributed by atoms with E-state index in [-0.39, 0.29) is 23.4 Å². The van der Waals surface area contributed by atoms with E-state index >= 15 is 0 Å². The Balaban J connectivity index is 1.86. The number of carbonyl (C=O) groups excluding carboxylic acids is 1. The number of carbonyl (C=O) groups is 1. The maximum atomic E-state index is 13.5. The molecule has 1 aromatic carbocycles.